The number of hydrogen-bond donors (Lipinski definition) is 0. The van der Waals surface area contributed by atoms with Crippen LogP contribution in [-0.2, 0) is 15.6 Å². The number of aliphatic imine (C=N–C) groups is 1. The molecule has 0 bridgehead atoms. The molecule has 3 rings (SSSR count). The van der Waals surface area contributed by atoms with E-state index in [-0.39, 0.29) is 5.16 Å². The van der Waals surface area contributed by atoms with Gasteiger partial charge in [0.05, 0.1) is 10.2 Å². The van der Waals surface area contributed by atoms with Crippen molar-refractivity contribution in [1.29, 1.82) is 0 Å². The predicted molar refractivity (Wildman–Crippen MR) is 106 cm³/mol. The van der Waals surface area contributed by atoms with Crippen molar-refractivity contribution < 1.29 is 13.8 Å². The molecule has 1 aromatic heterocycles. The van der Waals surface area contributed by atoms with Crippen molar-refractivity contribution in [2.75, 3.05) is 0 Å². The molecule has 0 N–H and O–H groups in total. The molecule has 3 aromatic rings. The van der Waals surface area contributed by atoms with Gasteiger partial charge in [0.15, 0.2) is 0 Å². The van der Waals surface area contributed by atoms with Crippen LogP contribution in [0.2, 0.25) is 0 Å². The van der Waals surface area contributed by atoms with Crippen molar-refractivity contribution in [3.8, 4) is 5.75 Å². The van der Waals surface area contributed by atoms with Gasteiger partial charge in [0.1, 0.15) is 16.5 Å². The van der Waals surface area contributed by atoms with Gasteiger partial charge in [-0.25, -0.2) is 19.2 Å². The molecule has 1 atom stereocenters. The number of aromatic nitrogens is 2. The molecule has 0 spiro atoms. The summed E-state index contributed by atoms with van der Waals surface area (Å²) in [6, 6.07) is 16.0. The van der Waals surface area contributed by atoms with Crippen molar-refractivity contribution in [3.63, 3.8) is 0 Å². The summed E-state index contributed by atoms with van der Waals surface area (Å²) in [4.78, 5) is 17.6. The normalized spacial score (nSPS) is 12.3. The van der Waals surface area contributed by atoms with E-state index in [2.05, 4.69) is 36.0 Å². The Kier molecular flexibility index (Phi) is 6.78. The van der Waals surface area contributed by atoms with Gasteiger partial charge in [-0.3, -0.25) is 0 Å². The summed E-state index contributed by atoms with van der Waals surface area (Å²) in [5.74, 6) is 0.653. The van der Waals surface area contributed by atoms with Crippen LogP contribution in [0.15, 0.2) is 91.7 Å². The molecule has 0 saturated carbocycles. The second-order valence-electron chi connectivity index (χ2n) is 4.93. The summed E-state index contributed by atoms with van der Waals surface area (Å²) >= 11 is 3.24. The third kappa shape index (κ3) is 5.80. The van der Waals surface area contributed by atoms with Crippen LogP contribution in [0.5, 0.6) is 5.75 Å². The molecule has 0 amide bonds. The van der Waals surface area contributed by atoms with Crippen molar-refractivity contribution in [1.82, 2.24) is 9.97 Å². The number of benzene rings is 2. The number of para-hydroxylation sites is 1. The van der Waals surface area contributed by atoms with Crippen LogP contribution in [0.4, 0.5) is 5.69 Å². The van der Waals surface area contributed by atoms with Crippen molar-refractivity contribution in [3.05, 3.63) is 71.5 Å². The Bertz CT molecular complexity index is 949. The third-order valence-corrected chi connectivity index (χ3v) is 4.75. The number of ether oxygens (including phenoxy) is 1. The highest BCUT2D eigenvalue weighted by molar-refractivity contribution is 9.10. The topological polar surface area (TPSA) is 86.0 Å². The first-order valence-corrected chi connectivity index (χ1v) is 9.58. The van der Waals surface area contributed by atoms with Crippen molar-refractivity contribution in [2.24, 2.45) is 10.1 Å². The van der Waals surface area contributed by atoms with E-state index in [1.807, 2.05) is 18.2 Å². The lowest BCUT2D eigenvalue weighted by atomic mass is 10.3. The molecule has 0 fully saturated rings. The average molecular weight is 445 g/mol. The van der Waals surface area contributed by atoms with E-state index in [0.29, 0.717) is 16.3 Å². The van der Waals surface area contributed by atoms with Crippen LogP contribution < -0.4 is 4.74 Å². The summed E-state index contributed by atoms with van der Waals surface area (Å²) in [5, 5.41) is 3.85. The van der Waals surface area contributed by atoms with E-state index >= 15 is 0 Å². The molecule has 27 heavy (non-hydrogen) atoms. The second kappa shape index (κ2) is 9.70. The number of nitrogens with zero attached hydrogens (tertiary/aromatic N) is 4. The van der Waals surface area contributed by atoms with Crippen LogP contribution in [0.1, 0.15) is 0 Å². The highest BCUT2D eigenvalue weighted by Gasteiger charge is 2.09. The fourth-order valence-electron chi connectivity index (χ4n) is 1.88. The molecular weight excluding hydrogens is 432 g/mol. The molecule has 9 heteroatoms. The molecule has 7 nitrogen and oxygen atoms in total. The minimum absolute atomic E-state index is 0.241. The predicted octanol–water partition coefficient (Wildman–Crippen LogP) is 4.10. The maximum atomic E-state index is 12.4. The van der Waals surface area contributed by atoms with Gasteiger partial charge in [-0.05, 0) is 57.5 Å². The highest BCUT2D eigenvalue weighted by Crippen LogP contribution is 2.18. The fraction of sp³-hybridized carbons (Fsp3) is 0. The minimum Gasteiger partial charge on any atom is -0.442 e. The Balaban J connectivity index is 1.52. The molecule has 0 aliphatic heterocycles. The van der Waals surface area contributed by atoms with Gasteiger partial charge < -0.3 is 9.57 Å². The summed E-state index contributed by atoms with van der Waals surface area (Å²) in [6.07, 6.45) is 5.46. The Morgan fingerprint density at radius 3 is 2.37 bits per heavy atom. The van der Waals surface area contributed by atoms with Crippen LogP contribution in [-0.4, -0.2) is 27.0 Å². The van der Waals surface area contributed by atoms with Gasteiger partial charge in [0.25, 0.3) is 0 Å². The van der Waals surface area contributed by atoms with Crippen molar-refractivity contribution in [2.45, 2.75) is 10.1 Å². The summed E-state index contributed by atoms with van der Waals surface area (Å²) in [5.41, 5.74) is 0.617. The lowest BCUT2D eigenvalue weighted by Gasteiger charge is -2.01. The van der Waals surface area contributed by atoms with Gasteiger partial charge in [-0.1, -0.05) is 18.2 Å². The second-order valence-corrected chi connectivity index (χ2v) is 7.22. The fourth-order valence-corrected chi connectivity index (χ4v) is 2.97. The Labute approximate surface area is 166 Å². The number of halogens is 1. The van der Waals surface area contributed by atoms with E-state index in [0.717, 1.165) is 4.47 Å². The molecular formula is C18H13BrN4O3S. The van der Waals surface area contributed by atoms with Gasteiger partial charge in [-0.2, -0.15) is 0 Å². The molecule has 0 aliphatic rings. The largest absolute Gasteiger partial charge is 0.442 e. The Morgan fingerprint density at radius 1 is 0.963 bits per heavy atom. The maximum absolute atomic E-state index is 12.4. The van der Waals surface area contributed by atoms with E-state index in [9.17, 15) is 4.21 Å². The zero-order chi connectivity index (χ0) is 18.9. The minimum atomic E-state index is -1.46. The lowest BCUT2D eigenvalue weighted by Crippen LogP contribution is -1.98. The standard InChI is InChI=1S/C18H13BrN4O3S/c19-14-10-20-18(21-11-14)27(24)17-8-6-15(7-9-17)22-12-26-23-13-25-16-4-2-1-3-5-16/h1-13H. The van der Waals surface area contributed by atoms with E-state index < -0.39 is 10.8 Å². The summed E-state index contributed by atoms with van der Waals surface area (Å²) in [7, 11) is -1.46. The molecule has 2 aromatic carbocycles. The smallest absolute Gasteiger partial charge is 0.223 e. The number of hydrogen-bond acceptors (Lipinski definition) is 7. The Morgan fingerprint density at radius 2 is 1.67 bits per heavy atom. The van der Waals surface area contributed by atoms with E-state index in [1.54, 1.807) is 48.8 Å². The van der Waals surface area contributed by atoms with Gasteiger partial charge in [-0.15, -0.1) is 0 Å². The lowest BCUT2D eigenvalue weighted by molar-refractivity contribution is 0.335. The highest BCUT2D eigenvalue weighted by atomic mass is 79.9. The van der Waals surface area contributed by atoms with Crippen LogP contribution in [0.3, 0.4) is 0 Å². The van der Waals surface area contributed by atoms with E-state index in [4.69, 9.17) is 9.57 Å². The van der Waals surface area contributed by atoms with Gasteiger partial charge in [0.2, 0.25) is 18.0 Å². The molecule has 1 heterocycles. The van der Waals surface area contributed by atoms with Gasteiger partial charge >= 0.3 is 0 Å². The summed E-state index contributed by atoms with van der Waals surface area (Å²) < 4.78 is 18.3. The number of rotatable bonds is 7. The monoisotopic (exact) mass is 444 g/mol. The molecule has 0 saturated heterocycles. The Hall–Kier alpha value is -2.91. The van der Waals surface area contributed by atoms with Crippen LogP contribution in [0, 0.1) is 0 Å². The molecule has 0 aliphatic carbocycles. The first kappa shape index (κ1) is 18.9. The molecule has 136 valence electrons. The summed E-state index contributed by atoms with van der Waals surface area (Å²) in [6.45, 7) is 0. The zero-order valence-electron chi connectivity index (χ0n) is 13.8. The number of oxime groups is 1. The average Bonchev–Trinajstić information content (AvgIpc) is 2.72. The first-order chi connectivity index (χ1) is 13.2. The SMILES string of the molecule is O=S(c1ccc(N=CON=COc2ccccc2)cc1)c1ncc(Br)cn1. The maximum Gasteiger partial charge on any atom is 0.223 e. The van der Waals surface area contributed by atoms with Crippen LogP contribution >= 0.6 is 15.9 Å². The van der Waals surface area contributed by atoms with E-state index in [1.165, 1.54) is 12.8 Å². The first-order valence-electron chi connectivity index (χ1n) is 7.64. The van der Waals surface area contributed by atoms with Crippen molar-refractivity contribution >= 4 is 45.2 Å². The molecule has 1 unspecified atom stereocenters. The molecule has 0 radical (unpaired) electrons. The third-order valence-electron chi connectivity index (χ3n) is 3.10. The van der Waals surface area contributed by atoms with Gasteiger partial charge in [0, 0.05) is 17.3 Å². The zero-order valence-corrected chi connectivity index (χ0v) is 16.2. The quantitative estimate of drug-likeness (QED) is 0.237. The van der Waals surface area contributed by atoms with Crippen LogP contribution in [0.25, 0.3) is 0 Å².